The smallest absolute Gasteiger partial charge is 0.193 e. The summed E-state index contributed by atoms with van der Waals surface area (Å²) in [5.41, 5.74) is 0. The molecule has 7 heteroatoms. The molecule has 0 radical (unpaired) electrons. The van der Waals surface area contributed by atoms with E-state index in [-0.39, 0.29) is 0 Å². The summed E-state index contributed by atoms with van der Waals surface area (Å²) in [7, 11) is 0. The van der Waals surface area contributed by atoms with Crippen LogP contribution in [0.3, 0.4) is 0 Å². The summed E-state index contributed by atoms with van der Waals surface area (Å²) >= 11 is 0. The highest BCUT2D eigenvalue weighted by Crippen LogP contribution is 2.25. The molecule has 0 aliphatic carbocycles. The average molecular weight is 401 g/mol. The van der Waals surface area contributed by atoms with Crippen molar-refractivity contribution in [2.24, 2.45) is 10.9 Å². The number of unbranched alkanes of at least 4 members (excludes halogenated alkanes) is 1. The lowest BCUT2D eigenvalue weighted by molar-refractivity contribution is 0.297. The average Bonchev–Trinajstić information content (AvgIpc) is 3.47. The Morgan fingerprint density at radius 1 is 1.38 bits per heavy atom. The van der Waals surface area contributed by atoms with Gasteiger partial charge in [0.1, 0.15) is 17.9 Å². The SMILES string of the molecule is CCCCC(CC)CN=C(NCCc1ccco1)N1CCC(c2ncn[nH]2)CC1. The molecule has 1 fully saturated rings. The zero-order chi connectivity index (χ0) is 20.3. The number of hydrogen-bond donors (Lipinski definition) is 2. The zero-order valence-corrected chi connectivity index (χ0v) is 17.9. The summed E-state index contributed by atoms with van der Waals surface area (Å²) in [5.74, 6) is 4.20. The second-order valence-corrected chi connectivity index (χ2v) is 7.97. The van der Waals surface area contributed by atoms with Gasteiger partial charge in [-0.2, -0.15) is 5.10 Å². The van der Waals surface area contributed by atoms with Gasteiger partial charge in [-0.1, -0.05) is 33.1 Å². The van der Waals surface area contributed by atoms with E-state index in [9.17, 15) is 0 Å². The Labute approximate surface area is 174 Å². The number of nitrogens with one attached hydrogen (secondary N) is 2. The van der Waals surface area contributed by atoms with Crippen molar-refractivity contribution < 1.29 is 4.42 Å². The van der Waals surface area contributed by atoms with E-state index in [0.29, 0.717) is 11.8 Å². The summed E-state index contributed by atoms with van der Waals surface area (Å²) in [6.07, 6.45) is 11.3. The third-order valence-corrected chi connectivity index (χ3v) is 5.89. The molecule has 2 N–H and O–H groups in total. The van der Waals surface area contributed by atoms with Gasteiger partial charge in [-0.25, -0.2) is 4.98 Å². The standard InChI is InChI=1S/C22H36N6O/c1-3-5-7-18(4-2)16-24-22(23-12-9-20-8-6-15-29-20)28-13-10-19(11-14-28)21-25-17-26-27-21/h6,8,15,17-19H,3-5,7,9-14,16H2,1-2H3,(H,23,24)(H,25,26,27). The molecule has 1 saturated heterocycles. The minimum Gasteiger partial charge on any atom is -0.469 e. The Morgan fingerprint density at radius 3 is 2.90 bits per heavy atom. The summed E-state index contributed by atoms with van der Waals surface area (Å²) < 4.78 is 5.47. The lowest BCUT2D eigenvalue weighted by Gasteiger charge is -2.33. The second-order valence-electron chi connectivity index (χ2n) is 7.97. The number of aromatic nitrogens is 3. The molecular formula is C22H36N6O. The van der Waals surface area contributed by atoms with E-state index in [1.165, 1.54) is 25.7 Å². The summed E-state index contributed by atoms with van der Waals surface area (Å²) in [4.78, 5) is 11.8. The van der Waals surface area contributed by atoms with Crippen LogP contribution < -0.4 is 5.32 Å². The molecule has 0 aromatic carbocycles. The Morgan fingerprint density at radius 2 is 2.24 bits per heavy atom. The van der Waals surface area contributed by atoms with Gasteiger partial charge < -0.3 is 14.6 Å². The van der Waals surface area contributed by atoms with Gasteiger partial charge in [0.2, 0.25) is 0 Å². The summed E-state index contributed by atoms with van der Waals surface area (Å²) in [5, 5.41) is 10.6. The van der Waals surface area contributed by atoms with E-state index >= 15 is 0 Å². The minimum absolute atomic E-state index is 0.464. The van der Waals surface area contributed by atoms with E-state index in [2.05, 4.69) is 39.2 Å². The van der Waals surface area contributed by atoms with Crippen LogP contribution in [0.2, 0.25) is 0 Å². The monoisotopic (exact) mass is 400 g/mol. The molecule has 1 atom stereocenters. The van der Waals surface area contributed by atoms with Crippen LogP contribution in [0.5, 0.6) is 0 Å². The fourth-order valence-corrected chi connectivity index (χ4v) is 3.93. The first-order chi connectivity index (χ1) is 14.3. The highest BCUT2D eigenvalue weighted by molar-refractivity contribution is 5.80. The molecule has 2 aromatic heterocycles. The number of likely N-dealkylation sites (tertiary alicyclic amines) is 1. The number of aromatic amines is 1. The number of rotatable bonds is 10. The fourth-order valence-electron chi connectivity index (χ4n) is 3.93. The molecule has 160 valence electrons. The third-order valence-electron chi connectivity index (χ3n) is 5.89. The molecule has 0 spiro atoms. The van der Waals surface area contributed by atoms with Crippen molar-refractivity contribution in [1.29, 1.82) is 0 Å². The van der Waals surface area contributed by atoms with Gasteiger partial charge in [-0.15, -0.1) is 0 Å². The molecule has 3 rings (SSSR count). The molecule has 7 nitrogen and oxygen atoms in total. The molecule has 1 aliphatic rings. The molecule has 0 saturated carbocycles. The van der Waals surface area contributed by atoms with Crippen LogP contribution in [-0.2, 0) is 6.42 Å². The second kappa shape index (κ2) is 11.6. The normalized spacial score (nSPS) is 16.9. The molecule has 1 unspecified atom stereocenters. The summed E-state index contributed by atoms with van der Waals surface area (Å²) in [6, 6.07) is 3.97. The van der Waals surface area contributed by atoms with E-state index in [1.807, 2.05) is 12.1 Å². The highest BCUT2D eigenvalue weighted by atomic mass is 16.3. The zero-order valence-electron chi connectivity index (χ0n) is 17.9. The van der Waals surface area contributed by atoms with Gasteiger partial charge in [-0.05, 0) is 37.3 Å². The van der Waals surface area contributed by atoms with Gasteiger partial charge in [0.25, 0.3) is 0 Å². The Hall–Kier alpha value is -2.31. The maximum Gasteiger partial charge on any atom is 0.193 e. The van der Waals surface area contributed by atoms with Crippen molar-refractivity contribution in [2.75, 3.05) is 26.2 Å². The van der Waals surface area contributed by atoms with Gasteiger partial charge in [0.15, 0.2) is 5.96 Å². The molecule has 1 aliphatic heterocycles. The quantitative estimate of drug-likeness (QED) is 0.466. The van der Waals surface area contributed by atoms with E-state index < -0.39 is 0 Å². The summed E-state index contributed by atoms with van der Waals surface area (Å²) in [6.45, 7) is 8.26. The fraction of sp³-hybridized carbons (Fsp3) is 0.682. The Balaban J connectivity index is 1.57. The number of piperidine rings is 1. The first kappa shape index (κ1) is 21.4. The molecule has 0 bridgehead atoms. The van der Waals surface area contributed by atoms with Crippen LogP contribution in [0, 0.1) is 5.92 Å². The van der Waals surface area contributed by atoms with Crippen molar-refractivity contribution in [3.05, 3.63) is 36.3 Å². The minimum atomic E-state index is 0.464. The number of aliphatic imine (C=N–C) groups is 1. The topological polar surface area (TPSA) is 82.3 Å². The van der Waals surface area contributed by atoms with Crippen molar-refractivity contribution >= 4 is 5.96 Å². The van der Waals surface area contributed by atoms with Crippen LogP contribution in [0.4, 0.5) is 0 Å². The van der Waals surface area contributed by atoms with Crippen LogP contribution in [-0.4, -0.2) is 52.2 Å². The molecule has 3 heterocycles. The maximum atomic E-state index is 5.47. The van der Waals surface area contributed by atoms with Gasteiger partial charge in [0, 0.05) is 38.5 Å². The van der Waals surface area contributed by atoms with Gasteiger partial charge in [-0.3, -0.25) is 10.1 Å². The van der Waals surface area contributed by atoms with Crippen molar-refractivity contribution in [1.82, 2.24) is 25.4 Å². The lowest BCUT2D eigenvalue weighted by atomic mass is 9.96. The molecular weight excluding hydrogens is 364 g/mol. The van der Waals surface area contributed by atoms with Crippen LogP contribution in [0.1, 0.15) is 69.9 Å². The van der Waals surface area contributed by atoms with Gasteiger partial charge >= 0.3 is 0 Å². The number of guanidine groups is 1. The van der Waals surface area contributed by atoms with Crippen molar-refractivity contribution in [3.63, 3.8) is 0 Å². The Kier molecular flexibility index (Phi) is 8.58. The molecule has 29 heavy (non-hydrogen) atoms. The number of furan rings is 1. The van der Waals surface area contributed by atoms with E-state index in [0.717, 1.165) is 63.0 Å². The Bertz CT molecular complexity index is 689. The van der Waals surface area contributed by atoms with Crippen molar-refractivity contribution in [3.8, 4) is 0 Å². The van der Waals surface area contributed by atoms with E-state index in [1.54, 1.807) is 12.6 Å². The number of hydrogen-bond acceptors (Lipinski definition) is 4. The number of H-pyrrole nitrogens is 1. The number of nitrogens with zero attached hydrogens (tertiary/aromatic N) is 4. The predicted molar refractivity (Wildman–Crippen MR) is 116 cm³/mol. The molecule has 0 amide bonds. The van der Waals surface area contributed by atoms with E-state index in [4.69, 9.17) is 9.41 Å². The van der Waals surface area contributed by atoms with Crippen LogP contribution in [0.25, 0.3) is 0 Å². The van der Waals surface area contributed by atoms with Crippen LogP contribution >= 0.6 is 0 Å². The highest BCUT2D eigenvalue weighted by Gasteiger charge is 2.24. The lowest BCUT2D eigenvalue weighted by Crippen LogP contribution is -2.46. The largest absolute Gasteiger partial charge is 0.469 e. The first-order valence-corrected chi connectivity index (χ1v) is 11.2. The first-order valence-electron chi connectivity index (χ1n) is 11.2. The predicted octanol–water partition coefficient (Wildman–Crippen LogP) is 3.98. The van der Waals surface area contributed by atoms with Crippen molar-refractivity contribution in [2.45, 2.75) is 64.7 Å². The molecule has 2 aromatic rings. The third kappa shape index (κ3) is 6.61. The van der Waals surface area contributed by atoms with Crippen LogP contribution in [0.15, 0.2) is 34.1 Å². The maximum absolute atomic E-state index is 5.47. The van der Waals surface area contributed by atoms with Gasteiger partial charge in [0.05, 0.1) is 6.26 Å².